The molecule has 3 N–H and O–H groups in total. The molecule has 2 aromatic heterocycles. The molecule has 1 aliphatic carbocycles. The molecule has 2 aromatic carbocycles. The van der Waals surface area contributed by atoms with Crippen LogP contribution in [0.15, 0.2) is 60.1 Å². The number of para-hydroxylation sites is 2. The van der Waals surface area contributed by atoms with Gasteiger partial charge in [-0.1, -0.05) is 36.4 Å². The number of thiazole rings is 1. The first-order valence-electron chi connectivity index (χ1n) is 9.92. The Hall–Kier alpha value is -4.37. The number of nitrogen functional groups attached to an aromatic ring is 1. The Morgan fingerprint density at radius 2 is 1.75 bits per heavy atom. The summed E-state index contributed by atoms with van der Waals surface area (Å²) < 4.78 is 1.84. The molecule has 0 saturated carbocycles. The van der Waals surface area contributed by atoms with Crippen LogP contribution >= 0.6 is 11.3 Å². The van der Waals surface area contributed by atoms with Crippen LogP contribution in [0.3, 0.4) is 0 Å². The molecule has 0 unspecified atom stereocenters. The number of hydrogen-bond acceptors (Lipinski definition) is 7. The van der Waals surface area contributed by atoms with E-state index in [2.05, 4.69) is 20.2 Å². The monoisotopic (exact) mass is 435 g/mol. The number of H-pyrrole nitrogens is 1. The van der Waals surface area contributed by atoms with E-state index in [4.69, 9.17) is 10.7 Å². The third kappa shape index (κ3) is 2.12. The highest BCUT2D eigenvalue weighted by atomic mass is 32.1. The van der Waals surface area contributed by atoms with Gasteiger partial charge in [-0.2, -0.15) is 0 Å². The molecule has 0 amide bonds. The molecule has 8 nitrogen and oxygen atoms in total. The summed E-state index contributed by atoms with van der Waals surface area (Å²) in [5, 5.41) is 11.1. The van der Waals surface area contributed by atoms with Crippen molar-refractivity contribution in [1.29, 1.82) is 0 Å². The Morgan fingerprint density at radius 1 is 0.938 bits per heavy atom. The number of nitrogens with two attached hydrogens (primary N) is 1. The number of benzene rings is 2. The normalized spacial score (nSPS) is 12.6. The van der Waals surface area contributed by atoms with Gasteiger partial charge in [0.2, 0.25) is 0 Å². The number of nitrogens with one attached hydrogen (secondary N) is 1. The Labute approximate surface area is 184 Å². The van der Waals surface area contributed by atoms with Crippen LogP contribution in [0, 0.1) is 0 Å². The van der Waals surface area contributed by atoms with E-state index in [-0.39, 0.29) is 11.6 Å². The van der Waals surface area contributed by atoms with Gasteiger partial charge in [0.15, 0.2) is 28.4 Å². The standard InChI is InChI=1S/C23H13N7OS/c24-20-17-15-11-5-1-2-6-12(11)19(31)16(15)18(21-26-13-7-3-4-8-14(13)27-21)30(22(17)29-28-20)23-25-9-10-32-23/h1-10H,(H2,24,28)(H,26,27). The topological polar surface area (TPSA) is 115 Å². The number of carbonyl (C=O) groups excluding carboxylic acids is 1. The number of fused-ring (bicyclic) bond motifs is 6. The molecule has 0 fully saturated rings. The smallest absolute Gasteiger partial charge is 0.196 e. The average molecular weight is 435 g/mol. The van der Waals surface area contributed by atoms with E-state index in [1.165, 1.54) is 11.3 Å². The summed E-state index contributed by atoms with van der Waals surface area (Å²) in [5.74, 6) is 1.29. The third-order valence-electron chi connectivity index (χ3n) is 5.80. The third-order valence-corrected chi connectivity index (χ3v) is 6.55. The van der Waals surface area contributed by atoms with E-state index in [9.17, 15) is 4.79 Å². The second-order valence-corrected chi connectivity index (χ2v) is 8.38. The molecule has 0 bridgehead atoms. The van der Waals surface area contributed by atoms with E-state index < -0.39 is 0 Å². The number of hydrogen-bond donors (Lipinski definition) is 2. The van der Waals surface area contributed by atoms with Gasteiger partial charge in [-0.15, -0.1) is 21.5 Å². The van der Waals surface area contributed by atoms with Crippen LogP contribution in [0.5, 0.6) is 0 Å². The molecule has 0 atom stereocenters. The summed E-state index contributed by atoms with van der Waals surface area (Å²) in [5.41, 5.74) is 11.9. The van der Waals surface area contributed by atoms with Crippen molar-refractivity contribution in [2.24, 2.45) is 0 Å². The van der Waals surface area contributed by atoms with Gasteiger partial charge in [0.1, 0.15) is 5.69 Å². The van der Waals surface area contributed by atoms with Gasteiger partial charge >= 0.3 is 0 Å². The first-order valence-corrected chi connectivity index (χ1v) is 10.8. The predicted molar refractivity (Wildman–Crippen MR) is 122 cm³/mol. The number of aromatic nitrogens is 6. The van der Waals surface area contributed by atoms with E-state index >= 15 is 0 Å². The van der Waals surface area contributed by atoms with Crippen molar-refractivity contribution < 1.29 is 4.79 Å². The Morgan fingerprint density at radius 3 is 2.56 bits per heavy atom. The van der Waals surface area contributed by atoms with Gasteiger partial charge in [0, 0.05) is 22.7 Å². The largest absolute Gasteiger partial charge is 0.382 e. The van der Waals surface area contributed by atoms with Crippen molar-refractivity contribution in [1.82, 2.24) is 29.7 Å². The molecule has 0 radical (unpaired) electrons. The highest BCUT2D eigenvalue weighted by Gasteiger charge is 2.39. The van der Waals surface area contributed by atoms with Crippen molar-refractivity contribution in [3.8, 4) is 39.2 Å². The lowest BCUT2D eigenvalue weighted by Crippen LogP contribution is -2.12. The number of rotatable bonds is 2. The van der Waals surface area contributed by atoms with Crippen molar-refractivity contribution in [2.45, 2.75) is 0 Å². The number of nitrogens with zero attached hydrogens (tertiary/aromatic N) is 5. The maximum atomic E-state index is 13.7. The minimum absolute atomic E-state index is 0.0844. The van der Waals surface area contributed by atoms with Crippen LogP contribution < -0.4 is 5.73 Å². The van der Waals surface area contributed by atoms with Gasteiger partial charge in [-0.05, 0) is 17.7 Å². The van der Waals surface area contributed by atoms with Crippen LogP contribution in [0.25, 0.3) is 50.2 Å². The van der Waals surface area contributed by atoms with Crippen LogP contribution in [0.4, 0.5) is 5.82 Å². The van der Waals surface area contributed by atoms with Crippen molar-refractivity contribution in [3.63, 3.8) is 0 Å². The Balaban J connectivity index is 1.71. The predicted octanol–water partition coefficient (Wildman–Crippen LogP) is 4.17. The van der Waals surface area contributed by atoms with E-state index in [0.29, 0.717) is 39.2 Å². The first-order chi connectivity index (χ1) is 15.7. The summed E-state index contributed by atoms with van der Waals surface area (Å²) in [6.45, 7) is 0. The molecule has 0 saturated heterocycles. The fourth-order valence-electron chi connectivity index (χ4n) is 4.50. The lowest BCUT2D eigenvalue weighted by molar-refractivity contribution is 0.104. The molecule has 152 valence electrons. The van der Waals surface area contributed by atoms with E-state index in [1.807, 2.05) is 58.5 Å². The Kier molecular flexibility index (Phi) is 3.29. The lowest BCUT2D eigenvalue weighted by atomic mass is 9.97. The summed E-state index contributed by atoms with van der Waals surface area (Å²) in [6, 6.07) is 15.3. The maximum Gasteiger partial charge on any atom is 0.196 e. The molecule has 4 aromatic rings. The van der Waals surface area contributed by atoms with Crippen LogP contribution in [-0.2, 0) is 0 Å². The molecule has 32 heavy (non-hydrogen) atoms. The number of carbonyl (C=O) groups is 1. The SMILES string of the molecule is Nc1nnc2n(-c3nccs3)c(-c3nc4ccccc4[nH]3)c3c(c1-2)-c1ccccc1C3=O. The van der Waals surface area contributed by atoms with Crippen LogP contribution in [0.2, 0.25) is 0 Å². The highest BCUT2D eigenvalue weighted by molar-refractivity contribution is 7.12. The highest BCUT2D eigenvalue weighted by Crippen LogP contribution is 2.50. The summed E-state index contributed by atoms with van der Waals surface area (Å²) in [4.78, 5) is 26.4. The van der Waals surface area contributed by atoms with Crippen molar-refractivity contribution >= 4 is 34.0 Å². The second-order valence-electron chi connectivity index (χ2n) is 7.51. The molecule has 7 rings (SSSR count). The summed E-state index contributed by atoms with van der Waals surface area (Å²) in [6.07, 6.45) is 1.71. The van der Waals surface area contributed by atoms with Gasteiger partial charge in [-0.3, -0.25) is 9.36 Å². The summed E-state index contributed by atoms with van der Waals surface area (Å²) >= 11 is 1.44. The van der Waals surface area contributed by atoms with E-state index in [0.717, 1.165) is 22.2 Å². The average Bonchev–Trinajstić information content (AvgIpc) is 3.60. The molecular weight excluding hydrogens is 422 g/mol. The zero-order chi connectivity index (χ0) is 21.4. The number of anilines is 1. The minimum Gasteiger partial charge on any atom is -0.382 e. The van der Waals surface area contributed by atoms with Crippen molar-refractivity contribution in [2.75, 3.05) is 5.73 Å². The summed E-state index contributed by atoms with van der Waals surface area (Å²) in [7, 11) is 0. The van der Waals surface area contributed by atoms with Gasteiger partial charge in [0.25, 0.3) is 0 Å². The quantitative estimate of drug-likeness (QED) is 0.421. The molecular formula is C23H13N7OS. The molecule has 9 heteroatoms. The molecule has 3 aliphatic rings. The lowest BCUT2D eigenvalue weighted by Gasteiger charge is -2.18. The zero-order valence-electron chi connectivity index (χ0n) is 16.4. The molecule has 4 heterocycles. The van der Waals surface area contributed by atoms with Gasteiger partial charge in [0.05, 0.1) is 22.2 Å². The number of ketones is 1. The maximum absolute atomic E-state index is 13.7. The molecule has 2 aliphatic heterocycles. The Bertz CT molecular complexity index is 1630. The second kappa shape index (κ2) is 6.08. The zero-order valence-corrected chi connectivity index (χ0v) is 17.2. The fourth-order valence-corrected chi connectivity index (χ4v) is 5.15. The van der Waals surface area contributed by atoms with Gasteiger partial charge in [-0.25, -0.2) is 9.97 Å². The number of aromatic amines is 1. The van der Waals surface area contributed by atoms with Crippen molar-refractivity contribution in [3.05, 3.63) is 71.2 Å². The first kappa shape index (κ1) is 17.3. The minimum atomic E-state index is -0.0844. The van der Waals surface area contributed by atoms with E-state index in [1.54, 1.807) is 6.20 Å². The molecule has 0 spiro atoms. The van der Waals surface area contributed by atoms with Gasteiger partial charge < -0.3 is 10.7 Å². The van der Waals surface area contributed by atoms with Crippen LogP contribution in [0.1, 0.15) is 15.9 Å². The van der Waals surface area contributed by atoms with Crippen LogP contribution in [-0.4, -0.2) is 35.5 Å². The fraction of sp³-hybridized carbons (Fsp3) is 0. The number of pyridine rings is 1. The number of imidazole rings is 1.